The summed E-state index contributed by atoms with van der Waals surface area (Å²) in [4.78, 5) is 17.3. The molecule has 0 saturated carbocycles. The van der Waals surface area contributed by atoms with Crippen LogP contribution in [0.3, 0.4) is 0 Å². The molecule has 0 unspecified atom stereocenters. The van der Waals surface area contributed by atoms with Crippen LogP contribution in [0.2, 0.25) is 0 Å². The van der Waals surface area contributed by atoms with Gasteiger partial charge in [-0.3, -0.25) is 9.52 Å². The molecule has 0 spiro atoms. The van der Waals surface area contributed by atoms with Crippen LogP contribution in [0, 0.1) is 0 Å². The van der Waals surface area contributed by atoms with E-state index in [4.69, 9.17) is 4.74 Å². The standard InChI is InChI=1S/C27H23N3O4S/c1-34-23-14-10-20(11-15-23)19-25(21-7-3-2-4-8-21)27(31)29-22-12-16-24(17-13-22)35(32,33)30-26-9-5-6-18-28-26/h2-19H,1H3,(H,28,30)(H,29,31)/b25-19+. The quantitative estimate of drug-likeness (QED) is 0.268. The third-order valence-corrected chi connectivity index (χ3v) is 6.45. The number of pyridine rings is 1. The Bertz CT molecular complexity index is 1420. The molecule has 0 aliphatic heterocycles. The van der Waals surface area contributed by atoms with E-state index in [0.717, 1.165) is 16.9 Å². The largest absolute Gasteiger partial charge is 0.497 e. The zero-order chi connectivity index (χ0) is 24.7. The van der Waals surface area contributed by atoms with Gasteiger partial charge in [0.25, 0.3) is 15.9 Å². The zero-order valence-electron chi connectivity index (χ0n) is 18.9. The highest BCUT2D eigenvalue weighted by Crippen LogP contribution is 2.23. The fourth-order valence-electron chi connectivity index (χ4n) is 3.30. The Labute approximate surface area is 204 Å². The topological polar surface area (TPSA) is 97.4 Å². The van der Waals surface area contributed by atoms with Crippen molar-refractivity contribution in [3.8, 4) is 5.75 Å². The van der Waals surface area contributed by atoms with Crippen molar-refractivity contribution in [1.82, 2.24) is 4.98 Å². The summed E-state index contributed by atoms with van der Waals surface area (Å²) in [5.41, 5.74) is 2.51. The molecule has 8 heteroatoms. The highest BCUT2D eigenvalue weighted by Gasteiger charge is 2.16. The Balaban J connectivity index is 1.55. The van der Waals surface area contributed by atoms with Crippen molar-refractivity contribution in [2.45, 2.75) is 4.90 Å². The molecule has 0 bridgehead atoms. The molecule has 35 heavy (non-hydrogen) atoms. The van der Waals surface area contributed by atoms with Crippen LogP contribution in [-0.2, 0) is 14.8 Å². The first kappa shape index (κ1) is 23.7. The number of hydrogen-bond acceptors (Lipinski definition) is 5. The lowest BCUT2D eigenvalue weighted by Crippen LogP contribution is -2.15. The Kier molecular flexibility index (Phi) is 7.23. The first-order valence-corrected chi connectivity index (χ1v) is 12.2. The number of hydrogen-bond donors (Lipinski definition) is 2. The number of ether oxygens (including phenoxy) is 1. The van der Waals surface area contributed by atoms with Crippen LogP contribution < -0.4 is 14.8 Å². The number of rotatable bonds is 8. The number of carbonyl (C=O) groups is 1. The summed E-state index contributed by atoms with van der Waals surface area (Å²) in [6.45, 7) is 0. The van der Waals surface area contributed by atoms with Crippen molar-refractivity contribution in [3.05, 3.63) is 114 Å². The van der Waals surface area contributed by atoms with E-state index in [1.807, 2.05) is 54.6 Å². The van der Waals surface area contributed by atoms with Crippen molar-refractivity contribution >= 4 is 39.1 Å². The fourth-order valence-corrected chi connectivity index (χ4v) is 4.31. The normalized spacial score (nSPS) is 11.5. The summed E-state index contributed by atoms with van der Waals surface area (Å²) in [5, 5.41) is 2.85. The lowest BCUT2D eigenvalue weighted by Gasteiger charge is -2.11. The Morgan fingerprint density at radius 1 is 0.857 bits per heavy atom. The van der Waals surface area contributed by atoms with Gasteiger partial charge < -0.3 is 10.1 Å². The van der Waals surface area contributed by atoms with Gasteiger partial charge in [-0.1, -0.05) is 48.5 Å². The molecule has 0 radical (unpaired) electrons. The van der Waals surface area contributed by atoms with E-state index in [1.165, 1.54) is 18.3 Å². The van der Waals surface area contributed by atoms with E-state index in [0.29, 0.717) is 11.3 Å². The number of anilines is 2. The van der Waals surface area contributed by atoms with Gasteiger partial charge in [-0.15, -0.1) is 0 Å². The molecule has 7 nitrogen and oxygen atoms in total. The lowest BCUT2D eigenvalue weighted by atomic mass is 10.0. The predicted molar refractivity (Wildman–Crippen MR) is 137 cm³/mol. The number of sulfonamides is 1. The van der Waals surface area contributed by atoms with Crippen molar-refractivity contribution in [2.24, 2.45) is 0 Å². The number of carbonyl (C=O) groups excluding carboxylic acids is 1. The van der Waals surface area contributed by atoms with E-state index in [9.17, 15) is 13.2 Å². The Morgan fingerprint density at radius 2 is 1.54 bits per heavy atom. The zero-order valence-corrected chi connectivity index (χ0v) is 19.7. The molecule has 0 atom stereocenters. The minimum atomic E-state index is -3.81. The van der Waals surface area contributed by atoms with Crippen LogP contribution in [-0.4, -0.2) is 26.4 Å². The first-order chi connectivity index (χ1) is 16.9. The van der Waals surface area contributed by atoms with Crippen LogP contribution in [0.25, 0.3) is 11.6 Å². The molecule has 2 N–H and O–H groups in total. The summed E-state index contributed by atoms with van der Waals surface area (Å²) in [6.07, 6.45) is 3.29. The predicted octanol–water partition coefficient (Wildman–Crippen LogP) is 5.07. The number of nitrogens with one attached hydrogen (secondary N) is 2. The van der Waals surface area contributed by atoms with E-state index in [2.05, 4.69) is 15.0 Å². The summed E-state index contributed by atoms with van der Waals surface area (Å²) in [7, 11) is -2.22. The lowest BCUT2D eigenvalue weighted by molar-refractivity contribution is -0.111. The molecule has 1 heterocycles. The second-order valence-electron chi connectivity index (χ2n) is 7.50. The van der Waals surface area contributed by atoms with Crippen LogP contribution >= 0.6 is 0 Å². The van der Waals surface area contributed by atoms with E-state index in [1.54, 1.807) is 43.5 Å². The first-order valence-electron chi connectivity index (χ1n) is 10.7. The summed E-state index contributed by atoms with van der Waals surface area (Å²) < 4.78 is 32.9. The minimum Gasteiger partial charge on any atom is -0.497 e. The molecule has 4 aromatic rings. The van der Waals surface area contributed by atoms with Gasteiger partial charge in [0, 0.05) is 17.5 Å². The number of amides is 1. The molecule has 0 aliphatic carbocycles. The average Bonchev–Trinajstić information content (AvgIpc) is 2.89. The molecule has 4 rings (SSSR count). The van der Waals surface area contributed by atoms with Gasteiger partial charge in [-0.2, -0.15) is 0 Å². The van der Waals surface area contributed by atoms with Crippen molar-refractivity contribution < 1.29 is 17.9 Å². The van der Waals surface area contributed by atoms with Gasteiger partial charge in [-0.25, -0.2) is 13.4 Å². The third kappa shape index (κ3) is 6.13. The molecule has 0 aliphatic rings. The number of aromatic nitrogens is 1. The number of benzene rings is 3. The monoisotopic (exact) mass is 485 g/mol. The maximum atomic E-state index is 13.2. The molecular formula is C27H23N3O4S. The van der Waals surface area contributed by atoms with Gasteiger partial charge in [-0.05, 0) is 65.7 Å². The van der Waals surface area contributed by atoms with Crippen molar-refractivity contribution in [3.63, 3.8) is 0 Å². The number of methoxy groups -OCH3 is 1. The van der Waals surface area contributed by atoms with Gasteiger partial charge in [0.05, 0.1) is 12.0 Å². The van der Waals surface area contributed by atoms with Gasteiger partial charge >= 0.3 is 0 Å². The van der Waals surface area contributed by atoms with Crippen molar-refractivity contribution in [2.75, 3.05) is 17.1 Å². The molecule has 1 aromatic heterocycles. The Hall–Kier alpha value is -4.43. The smallest absolute Gasteiger partial charge is 0.263 e. The molecule has 0 fully saturated rings. The fraction of sp³-hybridized carbons (Fsp3) is 0.0370. The van der Waals surface area contributed by atoms with E-state index < -0.39 is 10.0 Å². The minimum absolute atomic E-state index is 0.0539. The second-order valence-corrected chi connectivity index (χ2v) is 9.18. The van der Waals surface area contributed by atoms with Gasteiger partial charge in [0.1, 0.15) is 11.6 Å². The van der Waals surface area contributed by atoms with Gasteiger partial charge in [0.2, 0.25) is 0 Å². The molecule has 0 saturated heterocycles. The Morgan fingerprint density at radius 3 is 2.17 bits per heavy atom. The van der Waals surface area contributed by atoms with Crippen LogP contribution in [0.5, 0.6) is 5.75 Å². The number of nitrogens with zero attached hydrogens (tertiary/aromatic N) is 1. The maximum Gasteiger partial charge on any atom is 0.263 e. The molecule has 1 amide bonds. The van der Waals surface area contributed by atoms with Crippen LogP contribution in [0.15, 0.2) is 108 Å². The molecular weight excluding hydrogens is 462 g/mol. The van der Waals surface area contributed by atoms with Gasteiger partial charge in [0.15, 0.2) is 0 Å². The van der Waals surface area contributed by atoms with Crippen molar-refractivity contribution in [1.29, 1.82) is 0 Å². The maximum absolute atomic E-state index is 13.2. The van der Waals surface area contributed by atoms with E-state index in [-0.39, 0.29) is 16.6 Å². The average molecular weight is 486 g/mol. The highest BCUT2D eigenvalue weighted by atomic mass is 32.2. The van der Waals surface area contributed by atoms with E-state index >= 15 is 0 Å². The van der Waals surface area contributed by atoms with Crippen LogP contribution in [0.1, 0.15) is 11.1 Å². The third-order valence-electron chi connectivity index (χ3n) is 5.08. The summed E-state index contributed by atoms with van der Waals surface area (Å²) in [6, 6.07) is 27.6. The molecule has 176 valence electrons. The van der Waals surface area contributed by atoms with Crippen LogP contribution in [0.4, 0.5) is 11.5 Å². The summed E-state index contributed by atoms with van der Waals surface area (Å²) in [5.74, 6) is 0.621. The highest BCUT2D eigenvalue weighted by molar-refractivity contribution is 7.92. The second kappa shape index (κ2) is 10.7. The summed E-state index contributed by atoms with van der Waals surface area (Å²) >= 11 is 0. The SMILES string of the molecule is COc1ccc(/C=C(/C(=O)Nc2ccc(S(=O)(=O)Nc3ccccn3)cc2)c2ccccc2)cc1. The molecule has 3 aromatic carbocycles.